The summed E-state index contributed by atoms with van der Waals surface area (Å²) < 4.78 is 38.8. The molecule has 2 aromatic carbocycles. The van der Waals surface area contributed by atoms with Crippen molar-refractivity contribution in [3.8, 4) is 6.07 Å². The number of hydrogen-bond acceptors (Lipinski definition) is 3. The molecule has 0 saturated carbocycles. The summed E-state index contributed by atoms with van der Waals surface area (Å²) in [5, 5.41) is 14.2. The number of anilines is 1. The molecule has 2 rings (SSSR count). The Hall–Kier alpha value is -3.01. The summed E-state index contributed by atoms with van der Waals surface area (Å²) in [5.74, 6) is -0.197. The number of alkyl halides is 3. The highest BCUT2D eigenvalue weighted by Gasteiger charge is 2.33. The maximum Gasteiger partial charge on any atom is 0.417 e. The number of carbonyl (C=O) groups is 1. The first kappa shape index (κ1) is 18.3. The van der Waals surface area contributed by atoms with Gasteiger partial charge in [-0.15, -0.1) is 0 Å². The minimum absolute atomic E-state index is 0.197. The van der Waals surface area contributed by atoms with Crippen molar-refractivity contribution in [2.45, 2.75) is 12.6 Å². The van der Waals surface area contributed by atoms with Crippen molar-refractivity contribution in [2.24, 2.45) is 0 Å². The van der Waals surface area contributed by atoms with Crippen LogP contribution in [-0.2, 0) is 12.6 Å². The Bertz CT molecular complexity index is 810. The summed E-state index contributed by atoms with van der Waals surface area (Å²) >= 11 is 0. The summed E-state index contributed by atoms with van der Waals surface area (Å²) in [6.45, 7) is 0.389. The van der Waals surface area contributed by atoms with Crippen LogP contribution in [0.3, 0.4) is 0 Å². The molecule has 0 bridgehead atoms. The van der Waals surface area contributed by atoms with Gasteiger partial charge in [-0.2, -0.15) is 18.4 Å². The fourth-order valence-electron chi connectivity index (χ4n) is 2.35. The Balaban J connectivity index is 2.05. The number of rotatable bonds is 5. The predicted molar refractivity (Wildman–Crippen MR) is 88.2 cm³/mol. The topological polar surface area (TPSA) is 64.9 Å². The maximum atomic E-state index is 12.9. The molecule has 0 radical (unpaired) electrons. The molecule has 7 heteroatoms. The first-order valence-electron chi connectivity index (χ1n) is 7.51. The maximum absolute atomic E-state index is 12.9. The van der Waals surface area contributed by atoms with Gasteiger partial charge in [-0.1, -0.05) is 12.1 Å². The van der Waals surface area contributed by atoms with Crippen LogP contribution in [0.5, 0.6) is 0 Å². The van der Waals surface area contributed by atoms with Crippen LogP contribution in [0.25, 0.3) is 0 Å². The van der Waals surface area contributed by atoms with E-state index in [1.807, 2.05) is 6.07 Å². The molecule has 0 unspecified atom stereocenters. The highest BCUT2D eigenvalue weighted by atomic mass is 19.4. The monoisotopic (exact) mass is 347 g/mol. The quantitative estimate of drug-likeness (QED) is 0.869. The van der Waals surface area contributed by atoms with Gasteiger partial charge in [0.2, 0.25) is 0 Å². The van der Waals surface area contributed by atoms with Gasteiger partial charge in [0.1, 0.15) is 0 Å². The van der Waals surface area contributed by atoms with Gasteiger partial charge in [0.05, 0.1) is 17.2 Å². The van der Waals surface area contributed by atoms with Gasteiger partial charge in [0, 0.05) is 24.8 Å². The van der Waals surface area contributed by atoms with Crippen molar-refractivity contribution in [3.63, 3.8) is 0 Å². The van der Waals surface area contributed by atoms with Gasteiger partial charge < -0.3 is 10.6 Å². The fourth-order valence-corrected chi connectivity index (χ4v) is 2.35. The molecule has 0 aliphatic carbocycles. The van der Waals surface area contributed by atoms with E-state index in [2.05, 4.69) is 10.6 Å². The summed E-state index contributed by atoms with van der Waals surface area (Å²) in [7, 11) is 1.54. The fraction of sp³-hybridized carbons (Fsp3) is 0.222. The van der Waals surface area contributed by atoms with Crippen LogP contribution in [0, 0.1) is 11.3 Å². The van der Waals surface area contributed by atoms with Crippen LogP contribution >= 0.6 is 0 Å². The normalized spacial score (nSPS) is 10.8. The molecule has 2 aromatic rings. The van der Waals surface area contributed by atoms with Crippen LogP contribution < -0.4 is 10.6 Å². The molecule has 0 saturated heterocycles. The summed E-state index contributed by atoms with van der Waals surface area (Å²) in [4.78, 5) is 11.6. The Morgan fingerprint density at radius 2 is 1.96 bits per heavy atom. The number of nitrogens with one attached hydrogen (secondary N) is 2. The van der Waals surface area contributed by atoms with E-state index in [9.17, 15) is 18.0 Å². The average Bonchev–Trinajstić information content (AvgIpc) is 2.60. The van der Waals surface area contributed by atoms with Crippen molar-refractivity contribution in [1.82, 2.24) is 5.32 Å². The molecule has 0 heterocycles. The SMILES string of the molecule is CNC(=O)c1cccc(CCNc2ccc(C#N)c(C(F)(F)F)c2)c1. The molecule has 0 atom stereocenters. The van der Waals surface area contributed by atoms with E-state index in [4.69, 9.17) is 5.26 Å². The van der Waals surface area contributed by atoms with Crippen LogP contribution in [-0.4, -0.2) is 19.5 Å². The van der Waals surface area contributed by atoms with Crippen LogP contribution in [0.2, 0.25) is 0 Å². The summed E-state index contributed by atoms with van der Waals surface area (Å²) in [5.41, 5.74) is 0.336. The Morgan fingerprint density at radius 3 is 2.60 bits per heavy atom. The van der Waals surface area contributed by atoms with Gasteiger partial charge in [-0.05, 0) is 42.3 Å². The van der Waals surface area contributed by atoms with Crippen LogP contribution in [0.15, 0.2) is 42.5 Å². The molecule has 1 amide bonds. The lowest BCUT2D eigenvalue weighted by Gasteiger charge is -2.12. The second-order valence-corrected chi connectivity index (χ2v) is 5.33. The van der Waals surface area contributed by atoms with Gasteiger partial charge in [-0.3, -0.25) is 4.79 Å². The van der Waals surface area contributed by atoms with E-state index in [0.29, 0.717) is 18.5 Å². The van der Waals surface area contributed by atoms with Crippen molar-refractivity contribution in [3.05, 3.63) is 64.7 Å². The number of nitrogens with zero attached hydrogens (tertiary/aromatic N) is 1. The molecule has 130 valence electrons. The lowest BCUT2D eigenvalue weighted by molar-refractivity contribution is -0.137. The summed E-state index contributed by atoms with van der Waals surface area (Å²) in [6.07, 6.45) is -4.04. The van der Waals surface area contributed by atoms with E-state index in [-0.39, 0.29) is 11.6 Å². The molecular weight excluding hydrogens is 331 g/mol. The lowest BCUT2D eigenvalue weighted by atomic mass is 10.1. The largest absolute Gasteiger partial charge is 0.417 e. The first-order valence-corrected chi connectivity index (χ1v) is 7.51. The zero-order valence-corrected chi connectivity index (χ0v) is 13.4. The Morgan fingerprint density at radius 1 is 1.20 bits per heavy atom. The van der Waals surface area contributed by atoms with Crippen LogP contribution in [0.1, 0.15) is 27.0 Å². The highest BCUT2D eigenvalue weighted by Crippen LogP contribution is 2.33. The molecule has 0 aromatic heterocycles. The van der Waals surface area contributed by atoms with Gasteiger partial charge in [0.25, 0.3) is 5.91 Å². The second-order valence-electron chi connectivity index (χ2n) is 5.33. The average molecular weight is 347 g/mol. The molecule has 4 nitrogen and oxygen atoms in total. The van der Waals surface area contributed by atoms with E-state index in [1.54, 1.807) is 31.3 Å². The third kappa shape index (κ3) is 4.73. The highest BCUT2D eigenvalue weighted by molar-refractivity contribution is 5.94. The first-order chi connectivity index (χ1) is 11.8. The van der Waals surface area contributed by atoms with E-state index >= 15 is 0 Å². The lowest BCUT2D eigenvalue weighted by Crippen LogP contribution is -2.18. The second kappa shape index (κ2) is 7.71. The van der Waals surface area contributed by atoms with E-state index < -0.39 is 17.3 Å². The van der Waals surface area contributed by atoms with Crippen molar-refractivity contribution < 1.29 is 18.0 Å². The molecule has 0 aliphatic rings. The minimum Gasteiger partial charge on any atom is -0.385 e. The predicted octanol–water partition coefficient (Wildman–Crippen LogP) is 3.59. The zero-order valence-electron chi connectivity index (χ0n) is 13.4. The number of nitriles is 1. The zero-order chi connectivity index (χ0) is 18.4. The number of benzene rings is 2. The van der Waals surface area contributed by atoms with E-state index in [1.165, 1.54) is 6.07 Å². The van der Waals surface area contributed by atoms with Crippen molar-refractivity contribution in [1.29, 1.82) is 5.26 Å². The Kier molecular flexibility index (Phi) is 5.65. The minimum atomic E-state index is -4.58. The Labute approximate surface area is 143 Å². The molecule has 0 fully saturated rings. The van der Waals surface area contributed by atoms with Crippen molar-refractivity contribution in [2.75, 3.05) is 18.9 Å². The number of halogens is 3. The summed E-state index contributed by atoms with van der Waals surface area (Å²) in [6, 6.07) is 12.1. The van der Waals surface area contributed by atoms with Crippen molar-refractivity contribution >= 4 is 11.6 Å². The van der Waals surface area contributed by atoms with Gasteiger partial charge >= 0.3 is 6.18 Å². The molecule has 2 N–H and O–H groups in total. The van der Waals surface area contributed by atoms with Gasteiger partial charge in [0.15, 0.2) is 0 Å². The van der Waals surface area contributed by atoms with E-state index in [0.717, 1.165) is 17.7 Å². The third-order valence-corrected chi connectivity index (χ3v) is 3.60. The standard InChI is InChI=1S/C18H16F3N3O/c1-23-17(25)13-4-2-3-12(9-13)7-8-24-15-6-5-14(11-22)16(10-15)18(19,20)21/h2-6,9-10,24H,7-8H2,1H3,(H,23,25). The molecule has 25 heavy (non-hydrogen) atoms. The number of carbonyl (C=O) groups excluding carboxylic acids is 1. The number of amides is 1. The third-order valence-electron chi connectivity index (χ3n) is 3.60. The number of hydrogen-bond donors (Lipinski definition) is 2. The molecule has 0 aliphatic heterocycles. The van der Waals surface area contributed by atoms with Crippen LogP contribution in [0.4, 0.5) is 18.9 Å². The molecule has 0 spiro atoms. The molecular formula is C18H16F3N3O. The van der Waals surface area contributed by atoms with Gasteiger partial charge in [-0.25, -0.2) is 0 Å². The smallest absolute Gasteiger partial charge is 0.385 e.